The van der Waals surface area contributed by atoms with Crippen molar-refractivity contribution in [1.82, 2.24) is 4.90 Å². The fourth-order valence-corrected chi connectivity index (χ4v) is 1.44. The van der Waals surface area contributed by atoms with Crippen LogP contribution in [-0.4, -0.2) is 37.0 Å². The highest BCUT2D eigenvalue weighted by molar-refractivity contribution is 5.81. The second-order valence-electron chi connectivity index (χ2n) is 3.80. The van der Waals surface area contributed by atoms with Crippen LogP contribution >= 0.6 is 0 Å². The predicted molar refractivity (Wildman–Crippen MR) is 66.2 cm³/mol. The third-order valence-electron chi connectivity index (χ3n) is 2.36. The van der Waals surface area contributed by atoms with E-state index in [0.717, 1.165) is 19.3 Å². The van der Waals surface area contributed by atoms with Crippen molar-refractivity contribution < 1.29 is 14.3 Å². The first-order chi connectivity index (χ1) is 8.15. The van der Waals surface area contributed by atoms with Crippen LogP contribution in [0.5, 0.6) is 0 Å². The Morgan fingerprint density at radius 3 is 2.59 bits per heavy atom. The summed E-state index contributed by atoms with van der Waals surface area (Å²) in [5.74, 6) is 2.15. The molecule has 0 aliphatic rings. The molecule has 1 amide bonds. The zero-order valence-corrected chi connectivity index (χ0v) is 10.7. The zero-order chi connectivity index (χ0) is 13.1. The number of esters is 1. The molecule has 96 valence electrons. The van der Waals surface area contributed by atoms with Gasteiger partial charge < -0.3 is 9.64 Å². The van der Waals surface area contributed by atoms with E-state index in [1.807, 2.05) is 6.92 Å². The van der Waals surface area contributed by atoms with Crippen molar-refractivity contribution in [2.75, 3.05) is 20.2 Å². The number of amides is 1. The summed E-state index contributed by atoms with van der Waals surface area (Å²) >= 11 is 0. The molecule has 0 aliphatic carbocycles. The summed E-state index contributed by atoms with van der Waals surface area (Å²) < 4.78 is 4.56. The lowest BCUT2D eigenvalue weighted by Gasteiger charge is -2.20. The Balaban J connectivity index is 4.06. The van der Waals surface area contributed by atoms with Gasteiger partial charge >= 0.3 is 5.97 Å². The van der Waals surface area contributed by atoms with Crippen molar-refractivity contribution in [1.29, 1.82) is 0 Å². The summed E-state index contributed by atoms with van der Waals surface area (Å²) in [6.07, 6.45) is 8.71. The Kier molecular flexibility index (Phi) is 8.85. The van der Waals surface area contributed by atoms with E-state index in [1.165, 1.54) is 7.11 Å². The smallest absolute Gasteiger partial charge is 0.325 e. The first-order valence-corrected chi connectivity index (χ1v) is 5.93. The molecule has 0 saturated heterocycles. The van der Waals surface area contributed by atoms with Gasteiger partial charge in [-0.25, -0.2) is 0 Å². The fraction of sp³-hybridized carbons (Fsp3) is 0.692. The first-order valence-electron chi connectivity index (χ1n) is 5.93. The van der Waals surface area contributed by atoms with Crippen molar-refractivity contribution in [2.45, 2.75) is 39.0 Å². The van der Waals surface area contributed by atoms with Gasteiger partial charge in [-0.2, -0.15) is 0 Å². The van der Waals surface area contributed by atoms with Crippen LogP contribution in [0, 0.1) is 12.3 Å². The van der Waals surface area contributed by atoms with Crippen LogP contribution in [0.3, 0.4) is 0 Å². The number of hydrogen-bond acceptors (Lipinski definition) is 3. The van der Waals surface area contributed by atoms with Crippen molar-refractivity contribution >= 4 is 11.9 Å². The number of methoxy groups -OCH3 is 1. The number of carbonyl (C=O) groups is 2. The third kappa shape index (κ3) is 7.40. The normalized spacial score (nSPS) is 9.47. The number of rotatable bonds is 8. The van der Waals surface area contributed by atoms with Gasteiger partial charge in [0.25, 0.3) is 0 Å². The maximum atomic E-state index is 11.8. The molecule has 17 heavy (non-hydrogen) atoms. The summed E-state index contributed by atoms with van der Waals surface area (Å²) in [6.45, 7) is 2.59. The average Bonchev–Trinajstić information content (AvgIpc) is 2.33. The van der Waals surface area contributed by atoms with Gasteiger partial charge in [-0.05, 0) is 19.3 Å². The highest BCUT2D eigenvalue weighted by Gasteiger charge is 2.15. The van der Waals surface area contributed by atoms with Gasteiger partial charge in [0, 0.05) is 19.4 Å². The number of carbonyl (C=O) groups excluding carboxylic acids is 2. The van der Waals surface area contributed by atoms with Crippen molar-refractivity contribution in [3.05, 3.63) is 0 Å². The summed E-state index contributed by atoms with van der Waals surface area (Å²) in [5, 5.41) is 0. The van der Waals surface area contributed by atoms with Gasteiger partial charge in [-0.15, -0.1) is 12.3 Å². The molecule has 0 unspecified atom stereocenters. The summed E-state index contributed by atoms with van der Waals surface area (Å²) in [6, 6.07) is 0. The predicted octanol–water partition coefficient (Wildman–Crippen LogP) is 1.59. The highest BCUT2D eigenvalue weighted by atomic mass is 16.5. The van der Waals surface area contributed by atoms with Gasteiger partial charge in [0.05, 0.1) is 7.11 Å². The molecule has 0 spiro atoms. The average molecular weight is 239 g/mol. The van der Waals surface area contributed by atoms with Crippen LogP contribution < -0.4 is 0 Å². The molecule has 0 rings (SSSR count). The lowest BCUT2D eigenvalue weighted by atomic mass is 10.2. The minimum absolute atomic E-state index is 0.00530. The molecule has 0 aromatic heterocycles. The molecule has 0 saturated carbocycles. The lowest BCUT2D eigenvalue weighted by molar-refractivity contribution is -0.147. The maximum Gasteiger partial charge on any atom is 0.325 e. The molecule has 4 nitrogen and oxygen atoms in total. The Morgan fingerprint density at radius 2 is 2.06 bits per heavy atom. The molecule has 0 aliphatic heterocycles. The van der Waals surface area contributed by atoms with E-state index in [-0.39, 0.29) is 18.4 Å². The molecule has 0 aromatic carbocycles. The van der Waals surface area contributed by atoms with Crippen LogP contribution in [0.2, 0.25) is 0 Å². The zero-order valence-electron chi connectivity index (χ0n) is 10.7. The maximum absolute atomic E-state index is 11.8. The standard InChI is InChI=1S/C13H21NO3/c1-4-6-7-8-9-12(15)14(10-5-2)11-13(16)17-3/h1H,5-11H2,2-3H3. The molecule has 0 fully saturated rings. The number of unbranched alkanes of at least 4 members (excludes halogenated alkanes) is 2. The third-order valence-corrected chi connectivity index (χ3v) is 2.36. The quantitative estimate of drug-likeness (QED) is 0.367. The minimum atomic E-state index is -0.379. The first kappa shape index (κ1) is 15.5. The number of ether oxygens (including phenoxy) is 1. The second-order valence-corrected chi connectivity index (χ2v) is 3.80. The van der Waals surface area contributed by atoms with Crippen molar-refractivity contribution in [2.24, 2.45) is 0 Å². The Morgan fingerprint density at radius 1 is 1.35 bits per heavy atom. The summed E-state index contributed by atoms with van der Waals surface area (Å²) in [5.41, 5.74) is 0. The molecule has 0 atom stereocenters. The fourth-order valence-electron chi connectivity index (χ4n) is 1.44. The van der Waals surface area contributed by atoms with Crippen LogP contribution in [0.25, 0.3) is 0 Å². The Bertz CT molecular complexity index is 281. The van der Waals surface area contributed by atoms with Crippen LogP contribution in [0.15, 0.2) is 0 Å². The minimum Gasteiger partial charge on any atom is -0.468 e. The topological polar surface area (TPSA) is 46.6 Å². The van der Waals surface area contributed by atoms with E-state index in [9.17, 15) is 9.59 Å². The second kappa shape index (κ2) is 9.71. The molecule has 0 radical (unpaired) electrons. The van der Waals surface area contributed by atoms with E-state index < -0.39 is 0 Å². The van der Waals surface area contributed by atoms with Gasteiger partial charge in [-0.3, -0.25) is 9.59 Å². The van der Waals surface area contributed by atoms with Gasteiger partial charge in [0.1, 0.15) is 6.54 Å². The molecule has 0 heterocycles. The monoisotopic (exact) mass is 239 g/mol. The Hall–Kier alpha value is -1.50. The van der Waals surface area contributed by atoms with Crippen molar-refractivity contribution in [3.8, 4) is 12.3 Å². The van der Waals surface area contributed by atoms with Gasteiger partial charge in [0.15, 0.2) is 0 Å². The van der Waals surface area contributed by atoms with Gasteiger partial charge in [0.2, 0.25) is 5.91 Å². The number of nitrogens with zero attached hydrogens (tertiary/aromatic N) is 1. The largest absolute Gasteiger partial charge is 0.468 e. The van der Waals surface area contributed by atoms with E-state index in [2.05, 4.69) is 10.7 Å². The molecular weight excluding hydrogens is 218 g/mol. The number of hydrogen-bond donors (Lipinski definition) is 0. The van der Waals surface area contributed by atoms with E-state index in [0.29, 0.717) is 19.4 Å². The number of terminal acetylenes is 1. The summed E-state index contributed by atoms with van der Waals surface area (Å²) in [4.78, 5) is 24.5. The van der Waals surface area contributed by atoms with E-state index in [1.54, 1.807) is 4.90 Å². The molecule has 4 heteroatoms. The van der Waals surface area contributed by atoms with Crippen LogP contribution in [0.4, 0.5) is 0 Å². The van der Waals surface area contributed by atoms with Gasteiger partial charge in [-0.1, -0.05) is 6.92 Å². The lowest BCUT2D eigenvalue weighted by Crippen LogP contribution is -2.36. The Labute approximate surface area is 103 Å². The molecule has 0 N–H and O–H groups in total. The van der Waals surface area contributed by atoms with Crippen LogP contribution in [-0.2, 0) is 14.3 Å². The SMILES string of the molecule is C#CCCCCC(=O)N(CCC)CC(=O)OC. The van der Waals surface area contributed by atoms with Crippen molar-refractivity contribution in [3.63, 3.8) is 0 Å². The molecular formula is C13H21NO3. The van der Waals surface area contributed by atoms with E-state index >= 15 is 0 Å². The summed E-state index contributed by atoms with van der Waals surface area (Å²) in [7, 11) is 1.32. The highest BCUT2D eigenvalue weighted by Crippen LogP contribution is 2.04. The molecule has 0 aromatic rings. The van der Waals surface area contributed by atoms with E-state index in [4.69, 9.17) is 6.42 Å². The molecule has 0 bridgehead atoms. The van der Waals surface area contributed by atoms with Crippen LogP contribution in [0.1, 0.15) is 39.0 Å².